The van der Waals surface area contributed by atoms with Crippen LogP contribution in [0.15, 0.2) is 46.9 Å². The van der Waals surface area contributed by atoms with Crippen LogP contribution in [0.25, 0.3) is 0 Å². The van der Waals surface area contributed by atoms with Crippen molar-refractivity contribution < 1.29 is 28.1 Å². The first-order valence-electron chi connectivity index (χ1n) is 13.3. The average Bonchev–Trinajstić information content (AvgIpc) is 3.67. The highest BCUT2D eigenvalue weighted by Crippen LogP contribution is 2.51. The van der Waals surface area contributed by atoms with Crippen molar-refractivity contribution in [2.45, 2.75) is 63.6 Å². The van der Waals surface area contributed by atoms with E-state index < -0.39 is 16.3 Å². The van der Waals surface area contributed by atoms with E-state index in [2.05, 4.69) is 9.62 Å². The highest BCUT2D eigenvalue weighted by molar-refractivity contribution is 7.92. The molecule has 8 nitrogen and oxygen atoms in total. The summed E-state index contributed by atoms with van der Waals surface area (Å²) >= 11 is 0. The molecule has 0 spiro atoms. The molecule has 2 fully saturated rings. The molecule has 2 heterocycles. The van der Waals surface area contributed by atoms with Crippen molar-refractivity contribution in [1.29, 1.82) is 0 Å². The molecule has 0 aromatic heterocycles. The highest BCUT2D eigenvalue weighted by atomic mass is 32.2. The van der Waals surface area contributed by atoms with E-state index in [1.165, 1.54) is 0 Å². The first kappa shape index (κ1) is 25.6. The number of sulfonamides is 1. The van der Waals surface area contributed by atoms with Gasteiger partial charge in [0.15, 0.2) is 0 Å². The van der Waals surface area contributed by atoms with Crippen LogP contribution < -0.4 is 4.72 Å². The number of anilines is 1. The van der Waals surface area contributed by atoms with E-state index in [4.69, 9.17) is 9.47 Å². The van der Waals surface area contributed by atoms with Crippen LogP contribution in [-0.4, -0.2) is 68.4 Å². The molecule has 0 bridgehead atoms. The second-order valence-electron chi connectivity index (χ2n) is 10.4. The molecular formula is C27H38N2O6S. The highest BCUT2D eigenvalue weighted by Gasteiger charge is 2.42. The van der Waals surface area contributed by atoms with Gasteiger partial charge in [-0.1, -0.05) is 25.0 Å². The summed E-state index contributed by atoms with van der Waals surface area (Å²) in [6.45, 7) is 3.22. The summed E-state index contributed by atoms with van der Waals surface area (Å²) in [4.78, 5) is 2.10. The molecule has 36 heavy (non-hydrogen) atoms. The van der Waals surface area contributed by atoms with Gasteiger partial charge in [0, 0.05) is 48.8 Å². The van der Waals surface area contributed by atoms with Crippen molar-refractivity contribution in [3.63, 3.8) is 0 Å². The van der Waals surface area contributed by atoms with Crippen LogP contribution in [-0.2, 0) is 19.5 Å². The molecule has 0 amide bonds. The van der Waals surface area contributed by atoms with Crippen molar-refractivity contribution in [3.8, 4) is 0 Å². The van der Waals surface area contributed by atoms with Crippen molar-refractivity contribution in [2.24, 2.45) is 5.92 Å². The maximum absolute atomic E-state index is 12.8. The van der Waals surface area contributed by atoms with Gasteiger partial charge in [-0.3, -0.25) is 9.62 Å². The summed E-state index contributed by atoms with van der Waals surface area (Å²) < 4.78 is 39.7. The van der Waals surface area contributed by atoms with Crippen molar-refractivity contribution in [1.82, 2.24) is 4.90 Å². The number of morpholine rings is 1. The molecule has 4 aliphatic rings. The second-order valence-corrected chi connectivity index (χ2v) is 12.2. The van der Waals surface area contributed by atoms with E-state index in [0.29, 0.717) is 31.0 Å². The van der Waals surface area contributed by atoms with Gasteiger partial charge in [0.2, 0.25) is 16.3 Å². The predicted octanol–water partition coefficient (Wildman–Crippen LogP) is 4.02. The van der Waals surface area contributed by atoms with Gasteiger partial charge < -0.3 is 19.7 Å². The fourth-order valence-corrected chi connectivity index (χ4v) is 6.72. The third-order valence-corrected chi connectivity index (χ3v) is 8.99. The number of allylic oxidation sites excluding steroid dienone is 2. The topological polar surface area (TPSA) is 108 Å². The Morgan fingerprint density at radius 2 is 1.83 bits per heavy atom. The van der Waals surface area contributed by atoms with Crippen molar-refractivity contribution >= 4 is 15.7 Å². The molecule has 5 rings (SSSR count). The Morgan fingerprint density at radius 3 is 2.58 bits per heavy atom. The van der Waals surface area contributed by atoms with E-state index in [1.807, 2.05) is 18.2 Å². The number of benzene rings is 1. The lowest BCUT2D eigenvalue weighted by Gasteiger charge is -2.33. The van der Waals surface area contributed by atoms with Gasteiger partial charge in [-0.25, -0.2) is 8.42 Å². The Balaban J connectivity index is 1.37. The zero-order valence-corrected chi connectivity index (χ0v) is 21.6. The summed E-state index contributed by atoms with van der Waals surface area (Å²) in [6.07, 6.45) is 6.53. The van der Waals surface area contributed by atoms with Crippen molar-refractivity contribution in [2.75, 3.05) is 43.3 Å². The van der Waals surface area contributed by atoms with Crippen LogP contribution >= 0.6 is 0 Å². The number of aliphatic hydroxyl groups is 2. The summed E-state index contributed by atoms with van der Waals surface area (Å²) in [5.41, 5.74) is 2.73. The SMILES string of the molecule is O=S(=O)(CCN1CCOCC1)Nc1cccc(C(C2=C(O)C3=C(CCCCCC3)OC2O)C2CC2)c1. The summed E-state index contributed by atoms with van der Waals surface area (Å²) in [7, 11) is -3.53. The van der Waals surface area contributed by atoms with E-state index in [0.717, 1.165) is 81.4 Å². The van der Waals surface area contributed by atoms with E-state index >= 15 is 0 Å². The molecule has 2 aliphatic heterocycles. The molecule has 2 atom stereocenters. The van der Waals surface area contributed by atoms with Gasteiger partial charge in [0.25, 0.3) is 0 Å². The normalized spacial score (nSPS) is 25.0. The standard InChI is InChI=1S/C27H38N2O6S/c30-26-22-8-3-1-2-4-9-23(22)35-27(31)25(26)24(19-10-11-19)20-6-5-7-21(18-20)28-36(32,33)17-14-29-12-15-34-16-13-29/h5-7,18-19,24,27-28,30-31H,1-4,8-17H2. The van der Waals surface area contributed by atoms with Gasteiger partial charge in [-0.2, -0.15) is 0 Å². The summed E-state index contributed by atoms with van der Waals surface area (Å²) in [5, 5.41) is 22.4. The number of rotatable bonds is 8. The quantitative estimate of drug-likeness (QED) is 0.477. The molecule has 2 aliphatic carbocycles. The molecule has 1 aromatic carbocycles. The molecule has 0 radical (unpaired) electrons. The van der Waals surface area contributed by atoms with Gasteiger partial charge in [-0.05, 0) is 55.7 Å². The fraction of sp³-hybridized carbons (Fsp3) is 0.630. The maximum Gasteiger partial charge on any atom is 0.233 e. The molecule has 1 aromatic rings. The lowest BCUT2D eigenvalue weighted by atomic mass is 9.82. The predicted molar refractivity (Wildman–Crippen MR) is 138 cm³/mol. The van der Waals surface area contributed by atoms with Gasteiger partial charge >= 0.3 is 0 Å². The lowest BCUT2D eigenvalue weighted by Crippen LogP contribution is -2.39. The van der Waals surface area contributed by atoms with Gasteiger partial charge in [0.1, 0.15) is 11.5 Å². The minimum Gasteiger partial charge on any atom is -0.507 e. The Labute approximate surface area is 214 Å². The van der Waals surface area contributed by atoms with Crippen LogP contribution in [0.5, 0.6) is 0 Å². The Kier molecular flexibility index (Phi) is 7.90. The van der Waals surface area contributed by atoms with Crippen LogP contribution in [0.2, 0.25) is 0 Å². The van der Waals surface area contributed by atoms with Gasteiger partial charge in [-0.15, -0.1) is 0 Å². The molecule has 198 valence electrons. The molecule has 1 saturated carbocycles. The van der Waals surface area contributed by atoms with Crippen LogP contribution in [0, 0.1) is 5.92 Å². The first-order chi connectivity index (χ1) is 17.4. The Morgan fingerprint density at radius 1 is 1.08 bits per heavy atom. The van der Waals surface area contributed by atoms with Gasteiger partial charge in [0.05, 0.1) is 19.0 Å². The number of hydrogen-bond donors (Lipinski definition) is 3. The Bertz CT molecular complexity index is 1110. The van der Waals surface area contributed by atoms with E-state index in [9.17, 15) is 18.6 Å². The molecule has 3 N–H and O–H groups in total. The van der Waals surface area contributed by atoms with E-state index in [-0.39, 0.29) is 23.3 Å². The fourth-order valence-electron chi connectivity index (χ4n) is 5.64. The van der Waals surface area contributed by atoms with Crippen LogP contribution in [0.4, 0.5) is 5.69 Å². The van der Waals surface area contributed by atoms with Crippen molar-refractivity contribution in [3.05, 3.63) is 52.5 Å². The number of ether oxygens (including phenoxy) is 2. The van der Waals surface area contributed by atoms with Crippen LogP contribution in [0.3, 0.4) is 0 Å². The lowest BCUT2D eigenvalue weighted by molar-refractivity contribution is -0.0530. The largest absolute Gasteiger partial charge is 0.507 e. The third kappa shape index (κ3) is 6.07. The molecule has 1 saturated heterocycles. The molecule has 9 heteroatoms. The number of nitrogens with one attached hydrogen (secondary N) is 1. The van der Waals surface area contributed by atoms with E-state index in [1.54, 1.807) is 6.07 Å². The smallest absolute Gasteiger partial charge is 0.233 e. The minimum atomic E-state index is -3.53. The first-order valence-corrected chi connectivity index (χ1v) is 15.0. The summed E-state index contributed by atoms with van der Waals surface area (Å²) in [5.74, 6) is 0.971. The molecule has 2 unspecified atom stereocenters. The minimum absolute atomic E-state index is 0.0126. The summed E-state index contributed by atoms with van der Waals surface area (Å²) in [6, 6.07) is 7.36. The third-order valence-electron chi connectivity index (χ3n) is 7.72. The monoisotopic (exact) mass is 518 g/mol. The van der Waals surface area contributed by atoms with Crippen LogP contribution in [0.1, 0.15) is 62.8 Å². The number of nitrogens with zero attached hydrogens (tertiary/aromatic N) is 1. The average molecular weight is 519 g/mol. The Hall–Kier alpha value is -2.07. The second kappa shape index (κ2) is 11.1. The zero-order chi connectivity index (χ0) is 25.1. The number of hydrogen-bond acceptors (Lipinski definition) is 7. The number of aliphatic hydroxyl groups excluding tert-OH is 2. The molecular weight excluding hydrogens is 480 g/mol. The zero-order valence-electron chi connectivity index (χ0n) is 20.8. The maximum atomic E-state index is 12.8.